The molecule has 35 heavy (non-hydrogen) atoms. The number of oxime groups is 1. The SMILES string of the molecule is Cc1cc(C(C)Nc2ccc(Cl)nc2/C(N)=N/O)c2oc(/C(C=NC(C)C)=C/N)c(C)c(=O)c2c1. The fourth-order valence-corrected chi connectivity index (χ4v) is 3.82. The van der Waals surface area contributed by atoms with E-state index in [4.69, 9.17) is 32.7 Å². The van der Waals surface area contributed by atoms with E-state index in [2.05, 4.69) is 20.4 Å². The van der Waals surface area contributed by atoms with Crippen molar-refractivity contribution in [3.63, 3.8) is 0 Å². The molecule has 1 atom stereocenters. The third-order valence-electron chi connectivity index (χ3n) is 5.40. The number of nitrogens with one attached hydrogen (secondary N) is 1. The number of aliphatic imine (C=N–C) groups is 1. The maximum absolute atomic E-state index is 13.3. The Morgan fingerprint density at radius 2 is 1.97 bits per heavy atom. The second kappa shape index (κ2) is 10.6. The van der Waals surface area contributed by atoms with E-state index >= 15 is 0 Å². The first-order valence-corrected chi connectivity index (χ1v) is 11.4. The fourth-order valence-electron chi connectivity index (χ4n) is 3.68. The fraction of sp³-hybridized carbons (Fsp3) is 0.280. The van der Waals surface area contributed by atoms with Crippen LogP contribution in [-0.2, 0) is 0 Å². The number of halogens is 1. The van der Waals surface area contributed by atoms with Crippen LogP contribution in [0.3, 0.4) is 0 Å². The molecule has 2 heterocycles. The van der Waals surface area contributed by atoms with Crippen LogP contribution in [0.15, 0.2) is 49.8 Å². The van der Waals surface area contributed by atoms with E-state index in [1.165, 1.54) is 6.20 Å². The minimum atomic E-state index is -0.362. The Hall–Kier alpha value is -3.85. The maximum atomic E-state index is 13.3. The molecule has 3 rings (SSSR count). The highest BCUT2D eigenvalue weighted by molar-refractivity contribution is 6.29. The smallest absolute Gasteiger partial charge is 0.196 e. The molecule has 184 valence electrons. The van der Waals surface area contributed by atoms with Crippen molar-refractivity contribution in [1.29, 1.82) is 0 Å². The van der Waals surface area contributed by atoms with Gasteiger partial charge in [0.15, 0.2) is 11.3 Å². The lowest BCUT2D eigenvalue weighted by Gasteiger charge is -2.20. The molecule has 3 aromatic rings. The molecule has 0 radical (unpaired) electrons. The average Bonchev–Trinajstić information content (AvgIpc) is 2.82. The summed E-state index contributed by atoms with van der Waals surface area (Å²) in [6.45, 7) is 9.40. The third-order valence-corrected chi connectivity index (χ3v) is 5.61. The second-order valence-corrected chi connectivity index (χ2v) is 8.88. The number of aromatic nitrogens is 1. The minimum absolute atomic E-state index is 0.0527. The summed E-state index contributed by atoms with van der Waals surface area (Å²) in [6.07, 6.45) is 2.99. The van der Waals surface area contributed by atoms with Gasteiger partial charge in [0.25, 0.3) is 0 Å². The standard InChI is InChI=1S/C25H29ClN6O3/c1-12(2)29-11-16(10-27)23-14(4)22(33)18-9-13(3)8-17(24(18)35-23)15(5)30-19-6-7-20(26)31-21(19)25(28)32-34/h6-12,15,30,34H,27H2,1-5H3,(H2,28,32)/b16-10+,29-11?. The summed E-state index contributed by atoms with van der Waals surface area (Å²) < 4.78 is 6.32. The van der Waals surface area contributed by atoms with Crippen molar-refractivity contribution in [3.8, 4) is 0 Å². The molecule has 0 aliphatic rings. The van der Waals surface area contributed by atoms with E-state index < -0.39 is 0 Å². The van der Waals surface area contributed by atoms with Gasteiger partial charge in [-0.25, -0.2) is 4.98 Å². The van der Waals surface area contributed by atoms with Gasteiger partial charge in [0.2, 0.25) is 0 Å². The number of hydrogen-bond acceptors (Lipinski definition) is 8. The maximum Gasteiger partial charge on any atom is 0.196 e. The van der Waals surface area contributed by atoms with Crippen LogP contribution in [0.25, 0.3) is 16.5 Å². The quantitative estimate of drug-likeness (QED) is 0.123. The summed E-state index contributed by atoms with van der Waals surface area (Å²) in [5.74, 6) is 0.167. The van der Waals surface area contributed by atoms with E-state index in [1.807, 2.05) is 33.8 Å². The molecule has 0 aliphatic carbocycles. The highest BCUT2D eigenvalue weighted by Crippen LogP contribution is 2.31. The second-order valence-electron chi connectivity index (χ2n) is 8.49. The molecule has 0 saturated heterocycles. The summed E-state index contributed by atoms with van der Waals surface area (Å²) >= 11 is 6.00. The molecule has 0 saturated carbocycles. The molecule has 0 fully saturated rings. The predicted molar refractivity (Wildman–Crippen MR) is 142 cm³/mol. The number of rotatable bonds is 7. The van der Waals surface area contributed by atoms with E-state index in [9.17, 15) is 4.79 Å². The Labute approximate surface area is 208 Å². The molecule has 1 unspecified atom stereocenters. The summed E-state index contributed by atoms with van der Waals surface area (Å²) in [7, 11) is 0. The van der Waals surface area contributed by atoms with Crippen molar-refractivity contribution in [2.45, 2.75) is 46.7 Å². The van der Waals surface area contributed by atoms with Gasteiger partial charge in [0.05, 0.1) is 22.7 Å². The Balaban J connectivity index is 2.19. The number of nitrogens with zero attached hydrogens (tertiary/aromatic N) is 3. The van der Waals surface area contributed by atoms with Crippen LogP contribution in [0, 0.1) is 13.8 Å². The number of hydrogen-bond donors (Lipinski definition) is 4. The van der Waals surface area contributed by atoms with Gasteiger partial charge in [-0.2, -0.15) is 0 Å². The molecule has 6 N–H and O–H groups in total. The van der Waals surface area contributed by atoms with E-state index in [-0.39, 0.29) is 34.2 Å². The molecule has 10 heteroatoms. The predicted octanol–water partition coefficient (Wildman–Crippen LogP) is 4.50. The van der Waals surface area contributed by atoms with Crippen molar-refractivity contribution in [1.82, 2.24) is 4.98 Å². The zero-order chi connectivity index (χ0) is 25.9. The molecule has 9 nitrogen and oxygen atoms in total. The highest BCUT2D eigenvalue weighted by Gasteiger charge is 2.21. The molecule has 0 aliphatic heterocycles. The number of anilines is 1. The molecule has 0 amide bonds. The highest BCUT2D eigenvalue weighted by atomic mass is 35.5. The molecule has 0 bridgehead atoms. The first-order valence-electron chi connectivity index (χ1n) is 11.0. The average molecular weight is 497 g/mol. The zero-order valence-electron chi connectivity index (χ0n) is 20.3. The number of allylic oxidation sites excluding steroid dienone is 1. The number of nitrogens with two attached hydrogens (primary N) is 2. The van der Waals surface area contributed by atoms with Crippen LogP contribution >= 0.6 is 11.6 Å². The number of aryl methyl sites for hydroxylation is 1. The lowest BCUT2D eigenvalue weighted by Crippen LogP contribution is -2.19. The van der Waals surface area contributed by atoms with Crippen molar-refractivity contribution in [2.24, 2.45) is 21.6 Å². The van der Waals surface area contributed by atoms with E-state index in [0.717, 1.165) is 11.1 Å². The van der Waals surface area contributed by atoms with Gasteiger partial charge in [0.1, 0.15) is 22.2 Å². The topological polar surface area (TPSA) is 152 Å². The number of benzene rings is 1. The lowest BCUT2D eigenvalue weighted by molar-refractivity contribution is 0.318. The van der Waals surface area contributed by atoms with E-state index in [0.29, 0.717) is 33.6 Å². The Bertz CT molecular complexity index is 1410. The van der Waals surface area contributed by atoms with E-state index in [1.54, 1.807) is 31.3 Å². The van der Waals surface area contributed by atoms with Crippen molar-refractivity contribution in [3.05, 3.63) is 74.0 Å². The van der Waals surface area contributed by atoms with Gasteiger partial charge in [-0.15, -0.1) is 0 Å². The monoisotopic (exact) mass is 496 g/mol. The van der Waals surface area contributed by atoms with Gasteiger partial charge < -0.3 is 26.4 Å². The summed E-state index contributed by atoms with van der Waals surface area (Å²) in [6, 6.07) is 6.69. The van der Waals surface area contributed by atoms with Crippen LogP contribution in [0.4, 0.5) is 5.69 Å². The molecule has 1 aromatic carbocycles. The van der Waals surface area contributed by atoms with Gasteiger partial charge >= 0.3 is 0 Å². The van der Waals surface area contributed by atoms with Crippen LogP contribution in [0.1, 0.15) is 55.0 Å². The largest absolute Gasteiger partial charge is 0.455 e. The molecular weight excluding hydrogens is 468 g/mol. The normalized spacial score (nSPS) is 13.7. The summed E-state index contributed by atoms with van der Waals surface area (Å²) in [4.78, 5) is 21.9. The molecule has 2 aromatic heterocycles. The molecule has 0 spiro atoms. The number of amidine groups is 1. The van der Waals surface area contributed by atoms with Gasteiger partial charge in [-0.05, 0) is 58.4 Å². The van der Waals surface area contributed by atoms with Crippen LogP contribution in [0.5, 0.6) is 0 Å². The third kappa shape index (κ3) is 5.46. The van der Waals surface area contributed by atoms with Gasteiger partial charge in [-0.3, -0.25) is 9.79 Å². The zero-order valence-corrected chi connectivity index (χ0v) is 21.0. The Morgan fingerprint density at radius 1 is 1.26 bits per heavy atom. The number of fused-ring (bicyclic) bond motifs is 1. The van der Waals surface area contributed by atoms with Crippen molar-refractivity contribution < 1.29 is 9.62 Å². The van der Waals surface area contributed by atoms with Crippen molar-refractivity contribution >= 4 is 45.9 Å². The summed E-state index contributed by atoms with van der Waals surface area (Å²) in [5.41, 5.74) is 15.2. The summed E-state index contributed by atoms with van der Waals surface area (Å²) in [5, 5.41) is 16.1. The van der Waals surface area contributed by atoms with Crippen molar-refractivity contribution in [2.75, 3.05) is 5.32 Å². The van der Waals surface area contributed by atoms with Gasteiger partial charge in [0, 0.05) is 29.6 Å². The molecular formula is C25H29ClN6O3. The number of pyridine rings is 1. The Morgan fingerprint density at radius 3 is 2.60 bits per heavy atom. The van der Waals surface area contributed by atoms with Crippen LogP contribution < -0.4 is 22.2 Å². The van der Waals surface area contributed by atoms with Crippen LogP contribution in [0.2, 0.25) is 5.15 Å². The minimum Gasteiger partial charge on any atom is -0.455 e. The first kappa shape index (κ1) is 25.8. The lowest BCUT2D eigenvalue weighted by atomic mass is 9.99. The van der Waals surface area contributed by atoms with Gasteiger partial charge in [-0.1, -0.05) is 22.8 Å². The first-order chi connectivity index (χ1) is 16.6. The Kier molecular flexibility index (Phi) is 7.81. The van der Waals surface area contributed by atoms with Crippen LogP contribution in [-0.4, -0.2) is 28.3 Å².